The standard InChI is InChI=1S/C21H31N3O2/c1-2-22-16-18-6-4-3-5-17(18)15-20(22)21(25)24-11-9-23(10-12-24)19-7-13-26-14-8-19/h3-6,19-20H,2,7-16H2,1H3. The lowest BCUT2D eigenvalue weighted by Crippen LogP contribution is -2.58. The predicted octanol–water partition coefficient (Wildman–Crippen LogP) is 1.76. The zero-order chi connectivity index (χ0) is 17.9. The highest BCUT2D eigenvalue weighted by Crippen LogP contribution is 2.25. The van der Waals surface area contributed by atoms with E-state index in [9.17, 15) is 4.79 Å². The third-order valence-electron chi connectivity index (χ3n) is 6.37. The number of hydrogen-bond donors (Lipinski definition) is 0. The molecule has 0 aromatic heterocycles. The smallest absolute Gasteiger partial charge is 0.240 e. The van der Waals surface area contributed by atoms with Crippen molar-refractivity contribution in [2.75, 3.05) is 45.9 Å². The average molecular weight is 357 g/mol. The number of likely N-dealkylation sites (N-methyl/N-ethyl adjacent to an activating group) is 1. The van der Waals surface area contributed by atoms with Gasteiger partial charge < -0.3 is 9.64 Å². The van der Waals surface area contributed by atoms with E-state index in [1.165, 1.54) is 11.1 Å². The lowest BCUT2D eigenvalue weighted by atomic mass is 9.93. The van der Waals surface area contributed by atoms with Crippen LogP contribution in [0.5, 0.6) is 0 Å². The van der Waals surface area contributed by atoms with Crippen molar-refractivity contribution in [3.63, 3.8) is 0 Å². The van der Waals surface area contributed by atoms with Crippen LogP contribution in [0.3, 0.4) is 0 Å². The molecule has 1 aromatic rings. The van der Waals surface area contributed by atoms with E-state index in [2.05, 4.69) is 45.9 Å². The largest absolute Gasteiger partial charge is 0.381 e. The van der Waals surface area contributed by atoms with Gasteiger partial charge in [-0.15, -0.1) is 0 Å². The minimum absolute atomic E-state index is 0.00419. The molecule has 0 saturated carbocycles. The summed E-state index contributed by atoms with van der Waals surface area (Å²) >= 11 is 0. The van der Waals surface area contributed by atoms with Gasteiger partial charge in [-0.2, -0.15) is 0 Å². The minimum Gasteiger partial charge on any atom is -0.381 e. The first kappa shape index (κ1) is 18.0. The molecule has 0 radical (unpaired) electrons. The SMILES string of the molecule is CCN1Cc2ccccc2CC1C(=O)N1CCN(C2CCOCC2)CC1. The maximum Gasteiger partial charge on any atom is 0.240 e. The summed E-state index contributed by atoms with van der Waals surface area (Å²) in [5.74, 6) is 0.327. The van der Waals surface area contributed by atoms with Crippen LogP contribution < -0.4 is 0 Å². The molecule has 1 unspecified atom stereocenters. The Hall–Kier alpha value is -1.43. The second-order valence-corrected chi connectivity index (χ2v) is 7.76. The molecule has 0 aliphatic carbocycles. The Balaban J connectivity index is 1.38. The monoisotopic (exact) mass is 357 g/mol. The van der Waals surface area contributed by atoms with E-state index in [1.54, 1.807) is 0 Å². The number of nitrogens with zero attached hydrogens (tertiary/aromatic N) is 3. The van der Waals surface area contributed by atoms with E-state index in [0.29, 0.717) is 11.9 Å². The fourth-order valence-corrected chi connectivity index (χ4v) is 4.72. The molecule has 1 aromatic carbocycles. The number of carbonyl (C=O) groups excluding carboxylic acids is 1. The number of ether oxygens (including phenoxy) is 1. The van der Waals surface area contributed by atoms with Gasteiger partial charge in [0.1, 0.15) is 0 Å². The first-order valence-corrected chi connectivity index (χ1v) is 10.2. The fourth-order valence-electron chi connectivity index (χ4n) is 4.72. The van der Waals surface area contributed by atoms with Crippen LogP contribution in [-0.4, -0.2) is 78.6 Å². The molecule has 5 nitrogen and oxygen atoms in total. The van der Waals surface area contributed by atoms with Gasteiger partial charge >= 0.3 is 0 Å². The molecule has 2 fully saturated rings. The predicted molar refractivity (Wildman–Crippen MR) is 102 cm³/mol. The van der Waals surface area contributed by atoms with Crippen LogP contribution in [0.25, 0.3) is 0 Å². The first-order chi connectivity index (χ1) is 12.8. The molecule has 26 heavy (non-hydrogen) atoms. The lowest BCUT2D eigenvalue weighted by Gasteiger charge is -2.43. The zero-order valence-corrected chi connectivity index (χ0v) is 15.9. The second kappa shape index (κ2) is 8.07. The average Bonchev–Trinajstić information content (AvgIpc) is 2.73. The summed E-state index contributed by atoms with van der Waals surface area (Å²) in [6, 6.07) is 9.23. The minimum atomic E-state index is 0.00419. The molecule has 3 heterocycles. The van der Waals surface area contributed by atoms with Gasteiger partial charge in [-0.1, -0.05) is 31.2 Å². The molecule has 4 rings (SSSR count). The number of hydrogen-bond acceptors (Lipinski definition) is 4. The number of benzene rings is 1. The van der Waals surface area contributed by atoms with Gasteiger partial charge in [0.25, 0.3) is 0 Å². The normalized spacial score (nSPS) is 25.9. The van der Waals surface area contributed by atoms with Crippen molar-refractivity contribution in [1.82, 2.24) is 14.7 Å². The highest BCUT2D eigenvalue weighted by Gasteiger charge is 2.35. The van der Waals surface area contributed by atoms with Crippen LogP contribution in [0.2, 0.25) is 0 Å². The van der Waals surface area contributed by atoms with E-state index < -0.39 is 0 Å². The van der Waals surface area contributed by atoms with Gasteiger partial charge in [0, 0.05) is 52.0 Å². The first-order valence-electron chi connectivity index (χ1n) is 10.2. The Morgan fingerprint density at radius 1 is 1.08 bits per heavy atom. The molecule has 1 amide bonds. The van der Waals surface area contributed by atoms with Crippen molar-refractivity contribution in [3.05, 3.63) is 35.4 Å². The van der Waals surface area contributed by atoms with Gasteiger partial charge in [0.15, 0.2) is 0 Å². The Morgan fingerprint density at radius 2 is 1.77 bits per heavy atom. The molecular formula is C21H31N3O2. The molecule has 2 saturated heterocycles. The van der Waals surface area contributed by atoms with Gasteiger partial charge in [-0.3, -0.25) is 14.6 Å². The van der Waals surface area contributed by atoms with Crippen molar-refractivity contribution in [2.45, 2.75) is 44.8 Å². The van der Waals surface area contributed by atoms with Gasteiger partial charge in [-0.05, 0) is 36.9 Å². The van der Waals surface area contributed by atoms with E-state index in [4.69, 9.17) is 4.74 Å². The van der Waals surface area contributed by atoms with E-state index in [0.717, 1.165) is 71.7 Å². The van der Waals surface area contributed by atoms with Crippen LogP contribution >= 0.6 is 0 Å². The Morgan fingerprint density at radius 3 is 2.46 bits per heavy atom. The molecule has 0 N–H and O–H groups in total. The third kappa shape index (κ3) is 3.66. The Labute approximate surface area is 156 Å². The van der Waals surface area contributed by atoms with Crippen molar-refractivity contribution in [3.8, 4) is 0 Å². The number of fused-ring (bicyclic) bond motifs is 1. The van der Waals surface area contributed by atoms with Gasteiger partial charge in [0.05, 0.1) is 6.04 Å². The maximum atomic E-state index is 13.3. The quantitative estimate of drug-likeness (QED) is 0.826. The van der Waals surface area contributed by atoms with Crippen LogP contribution in [0.1, 0.15) is 30.9 Å². The molecule has 1 atom stereocenters. The van der Waals surface area contributed by atoms with Crippen LogP contribution in [0.15, 0.2) is 24.3 Å². The topological polar surface area (TPSA) is 36.0 Å². The summed E-state index contributed by atoms with van der Waals surface area (Å²) in [6.45, 7) is 9.50. The van der Waals surface area contributed by atoms with Crippen molar-refractivity contribution in [2.24, 2.45) is 0 Å². The van der Waals surface area contributed by atoms with Crippen molar-refractivity contribution in [1.29, 1.82) is 0 Å². The molecule has 142 valence electrons. The summed E-state index contributed by atoms with van der Waals surface area (Å²) in [5, 5.41) is 0. The third-order valence-corrected chi connectivity index (χ3v) is 6.37. The Bertz CT molecular complexity index is 621. The summed E-state index contributed by atoms with van der Waals surface area (Å²) < 4.78 is 5.49. The van der Waals surface area contributed by atoms with Gasteiger partial charge in [-0.25, -0.2) is 0 Å². The molecule has 3 aliphatic heterocycles. The summed E-state index contributed by atoms with van der Waals surface area (Å²) in [7, 11) is 0. The summed E-state index contributed by atoms with van der Waals surface area (Å²) in [6.07, 6.45) is 3.12. The number of carbonyl (C=O) groups is 1. The molecule has 0 spiro atoms. The van der Waals surface area contributed by atoms with Crippen LogP contribution in [0.4, 0.5) is 0 Å². The number of piperazine rings is 1. The summed E-state index contributed by atoms with van der Waals surface area (Å²) in [5.41, 5.74) is 2.72. The van der Waals surface area contributed by atoms with Gasteiger partial charge in [0.2, 0.25) is 5.91 Å². The molecule has 0 bridgehead atoms. The zero-order valence-electron chi connectivity index (χ0n) is 15.9. The number of amides is 1. The second-order valence-electron chi connectivity index (χ2n) is 7.76. The fraction of sp³-hybridized carbons (Fsp3) is 0.667. The maximum absolute atomic E-state index is 13.3. The Kier molecular flexibility index (Phi) is 5.57. The lowest BCUT2D eigenvalue weighted by molar-refractivity contribution is -0.140. The number of rotatable bonds is 3. The molecule has 5 heteroatoms. The highest BCUT2D eigenvalue weighted by atomic mass is 16.5. The van der Waals surface area contributed by atoms with Crippen LogP contribution in [0, 0.1) is 0 Å². The van der Waals surface area contributed by atoms with E-state index in [-0.39, 0.29) is 6.04 Å². The van der Waals surface area contributed by atoms with Crippen molar-refractivity contribution >= 4 is 5.91 Å². The molecule has 3 aliphatic rings. The molecular weight excluding hydrogens is 326 g/mol. The van der Waals surface area contributed by atoms with E-state index >= 15 is 0 Å². The van der Waals surface area contributed by atoms with Crippen molar-refractivity contribution < 1.29 is 9.53 Å². The van der Waals surface area contributed by atoms with Crippen LogP contribution in [-0.2, 0) is 22.5 Å². The highest BCUT2D eigenvalue weighted by molar-refractivity contribution is 5.82. The summed E-state index contributed by atoms with van der Waals surface area (Å²) in [4.78, 5) is 20.3. The van der Waals surface area contributed by atoms with E-state index in [1.807, 2.05) is 0 Å².